The van der Waals surface area contributed by atoms with Crippen molar-refractivity contribution in [1.29, 1.82) is 0 Å². The normalized spacial score (nSPS) is 12.3. The number of benzene rings is 1. The molecule has 1 aromatic heterocycles. The molecule has 5 heteroatoms. The maximum absolute atomic E-state index is 5.92. The third-order valence-corrected chi connectivity index (χ3v) is 2.74. The standard InChI is InChI=1S/C14H19N3O2/c1-2-6-12(15)14-16-13(19-17-14)9-10-18-11-7-4-3-5-8-11/h3-5,7-8,12H,2,6,9-10,15H2,1H3. The van der Waals surface area contributed by atoms with Gasteiger partial charge in [0, 0.05) is 0 Å². The lowest BCUT2D eigenvalue weighted by molar-refractivity contribution is 0.291. The van der Waals surface area contributed by atoms with E-state index in [0.717, 1.165) is 18.6 Å². The fraction of sp³-hybridized carbons (Fsp3) is 0.429. The van der Waals surface area contributed by atoms with E-state index in [9.17, 15) is 0 Å². The van der Waals surface area contributed by atoms with Crippen molar-refractivity contribution in [2.75, 3.05) is 6.61 Å². The maximum Gasteiger partial charge on any atom is 0.230 e. The van der Waals surface area contributed by atoms with Crippen LogP contribution in [0.3, 0.4) is 0 Å². The average Bonchev–Trinajstić information content (AvgIpc) is 2.89. The minimum Gasteiger partial charge on any atom is -0.493 e. The maximum atomic E-state index is 5.92. The van der Waals surface area contributed by atoms with Crippen molar-refractivity contribution in [3.8, 4) is 5.75 Å². The third-order valence-electron chi connectivity index (χ3n) is 2.74. The Hall–Kier alpha value is -1.88. The molecule has 1 unspecified atom stereocenters. The summed E-state index contributed by atoms with van der Waals surface area (Å²) in [5, 5.41) is 3.89. The van der Waals surface area contributed by atoms with Crippen molar-refractivity contribution in [1.82, 2.24) is 10.1 Å². The minimum absolute atomic E-state index is 0.141. The molecule has 0 bridgehead atoms. The molecule has 0 saturated carbocycles. The highest BCUT2D eigenvalue weighted by atomic mass is 16.5. The number of hydrogen-bond acceptors (Lipinski definition) is 5. The van der Waals surface area contributed by atoms with E-state index in [1.54, 1.807) is 0 Å². The summed E-state index contributed by atoms with van der Waals surface area (Å²) in [6, 6.07) is 9.50. The molecule has 0 aliphatic carbocycles. The summed E-state index contributed by atoms with van der Waals surface area (Å²) in [4.78, 5) is 4.28. The summed E-state index contributed by atoms with van der Waals surface area (Å²) in [7, 11) is 0. The van der Waals surface area contributed by atoms with Gasteiger partial charge in [0.2, 0.25) is 5.89 Å². The Kier molecular flexibility index (Phi) is 4.92. The summed E-state index contributed by atoms with van der Waals surface area (Å²) in [6.45, 7) is 2.59. The highest BCUT2D eigenvalue weighted by Crippen LogP contribution is 2.13. The molecule has 19 heavy (non-hydrogen) atoms. The van der Waals surface area contributed by atoms with Gasteiger partial charge in [-0.1, -0.05) is 36.7 Å². The van der Waals surface area contributed by atoms with Crippen LogP contribution >= 0.6 is 0 Å². The van der Waals surface area contributed by atoms with Gasteiger partial charge in [-0.05, 0) is 18.6 Å². The quantitative estimate of drug-likeness (QED) is 0.828. The first kappa shape index (κ1) is 13.5. The molecule has 0 amide bonds. The fourth-order valence-corrected chi connectivity index (χ4v) is 1.73. The van der Waals surface area contributed by atoms with Crippen molar-refractivity contribution < 1.29 is 9.26 Å². The first-order valence-corrected chi connectivity index (χ1v) is 6.55. The SMILES string of the molecule is CCCC(N)c1noc(CCOc2ccccc2)n1. The van der Waals surface area contributed by atoms with E-state index in [1.807, 2.05) is 30.3 Å². The number of aromatic nitrogens is 2. The van der Waals surface area contributed by atoms with Crippen LogP contribution in [0.25, 0.3) is 0 Å². The average molecular weight is 261 g/mol. The van der Waals surface area contributed by atoms with Crippen LogP contribution in [-0.2, 0) is 6.42 Å². The van der Waals surface area contributed by atoms with Gasteiger partial charge in [0.25, 0.3) is 0 Å². The molecular weight excluding hydrogens is 242 g/mol. The molecule has 0 fully saturated rings. The van der Waals surface area contributed by atoms with Crippen molar-refractivity contribution in [3.05, 3.63) is 42.0 Å². The molecule has 0 saturated heterocycles. The Balaban J connectivity index is 1.80. The van der Waals surface area contributed by atoms with E-state index in [-0.39, 0.29) is 6.04 Å². The molecule has 1 aromatic carbocycles. The fourth-order valence-electron chi connectivity index (χ4n) is 1.73. The zero-order valence-corrected chi connectivity index (χ0v) is 11.1. The monoisotopic (exact) mass is 261 g/mol. The Morgan fingerprint density at radius 1 is 1.32 bits per heavy atom. The van der Waals surface area contributed by atoms with Gasteiger partial charge in [0.15, 0.2) is 5.82 Å². The first-order chi connectivity index (χ1) is 9.29. The van der Waals surface area contributed by atoms with Gasteiger partial charge in [-0.2, -0.15) is 4.98 Å². The van der Waals surface area contributed by atoms with Gasteiger partial charge in [0.1, 0.15) is 5.75 Å². The van der Waals surface area contributed by atoms with E-state index >= 15 is 0 Å². The zero-order chi connectivity index (χ0) is 13.5. The zero-order valence-electron chi connectivity index (χ0n) is 11.1. The number of hydrogen-bond donors (Lipinski definition) is 1. The van der Waals surface area contributed by atoms with Crippen LogP contribution < -0.4 is 10.5 Å². The van der Waals surface area contributed by atoms with Crippen LogP contribution in [0.15, 0.2) is 34.9 Å². The summed E-state index contributed by atoms with van der Waals surface area (Å²) >= 11 is 0. The summed E-state index contributed by atoms with van der Waals surface area (Å²) in [5.41, 5.74) is 5.92. The van der Waals surface area contributed by atoms with Gasteiger partial charge in [-0.25, -0.2) is 0 Å². The number of nitrogens with two attached hydrogens (primary N) is 1. The lowest BCUT2D eigenvalue weighted by atomic mass is 10.2. The van der Waals surface area contributed by atoms with Crippen LogP contribution in [0.5, 0.6) is 5.75 Å². The summed E-state index contributed by atoms with van der Waals surface area (Å²) in [5.74, 6) is 1.99. The topological polar surface area (TPSA) is 74.2 Å². The van der Waals surface area contributed by atoms with E-state index < -0.39 is 0 Å². The molecule has 1 heterocycles. The smallest absolute Gasteiger partial charge is 0.230 e. The third kappa shape index (κ3) is 4.06. The molecular formula is C14H19N3O2. The van der Waals surface area contributed by atoms with Gasteiger partial charge >= 0.3 is 0 Å². The van der Waals surface area contributed by atoms with Crippen molar-refractivity contribution in [3.63, 3.8) is 0 Å². The van der Waals surface area contributed by atoms with Gasteiger partial charge < -0.3 is 15.0 Å². The van der Waals surface area contributed by atoms with E-state index in [2.05, 4.69) is 17.1 Å². The van der Waals surface area contributed by atoms with Gasteiger partial charge in [-0.3, -0.25) is 0 Å². The van der Waals surface area contributed by atoms with Crippen molar-refractivity contribution in [2.45, 2.75) is 32.2 Å². The molecule has 0 radical (unpaired) electrons. The predicted octanol–water partition coefficient (Wildman–Crippen LogP) is 2.49. The summed E-state index contributed by atoms with van der Waals surface area (Å²) < 4.78 is 10.7. The highest BCUT2D eigenvalue weighted by Gasteiger charge is 2.13. The number of nitrogens with zero attached hydrogens (tertiary/aromatic N) is 2. The van der Waals surface area contributed by atoms with E-state index in [1.165, 1.54) is 0 Å². The molecule has 5 nitrogen and oxygen atoms in total. The second kappa shape index (κ2) is 6.89. The molecule has 0 aliphatic rings. The molecule has 1 atom stereocenters. The van der Waals surface area contributed by atoms with E-state index in [4.69, 9.17) is 15.0 Å². The number of rotatable bonds is 7. The minimum atomic E-state index is -0.141. The molecule has 2 aromatic rings. The van der Waals surface area contributed by atoms with Crippen molar-refractivity contribution >= 4 is 0 Å². The highest BCUT2D eigenvalue weighted by molar-refractivity contribution is 5.20. The van der Waals surface area contributed by atoms with E-state index in [0.29, 0.717) is 24.7 Å². The van der Waals surface area contributed by atoms with Crippen LogP contribution in [0.1, 0.15) is 37.5 Å². The summed E-state index contributed by atoms with van der Waals surface area (Å²) in [6.07, 6.45) is 2.45. The van der Waals surface area contributed by atoms with Crippen molar-refractivity contribution in [2.24, 2.45) is 5.73 Å². The van der Waals surface area contributed by atoms with Gasteiger partial charge in [0.05, 0.1) is 19.1 Å². The lowest BCUT2D eigenvalue weighted by Gasteiger charge is -2.03. The number of para-hydroxylation sites is 1. The molecule has 0 spiro atoms. The lowest BCUT2D eigenvalue weighted by Crippen LogP contribution is -2.11. The Bertz CT molecular complexity index is 484. The second-order valence-corrected chi connectivity index (χ2v) is 4.35. The second-order valence-electron chi connectivity index (χ2n) is 4.35. The molecule has 0 aliphatic heterocycles. The first-order valence-electron chi connectivity index (χ1n) is 6.55. The number of ether oxygens (including phenoxy) is 1. The van der Waals surface area contributed by atoms with Crippen LogP contribution in [0.2, 0.25) is 0 Å². The molecule has 2 rings (SSSR count). The van der Waals surface area contributed by atoms with Crippen LogP contribution in [0, 0.1) is 0 Å². The molecule has 2 N–H and O–H groups in total. The Morgan fingerprint density at radius 3 is 2.84 bits per heavy atom. The molecule has 102 valence electrons. The van der Waals surface area contributed by atoms with Crippen LogP contribution in [0.4, 0.5) is 0 Å². The van der Waals surface area contributed by atoms with Crippen LogP contribution in [-0.4, -0.2) is 16.7 Å². The largest absolute Gasteiger partial charge is 0.493 e. The Labute approximate surface area is 112 Å². The van der Waals surface area contributed by atoms with Gasteiger partial charge in [-0.15, -0.1) is 0 Å². The predicted molar refractivity (Wildman–Crippen MR) is 71.8 cm³/mol. The Morgan fingerprint density at radius 2 is 2.11 bits per heavy atom.